The van der Waals surface area contributed by atoms with Crippen molar-refractivity contribution in [2.45, 2.75) is 20.4 Å². The van der Waals surface area contributed by atoms with E-state index in [1.807, 2.05) is 4.57 Å². The van der Waals surface area contributed by atoms with Gasteiger partial charge in [-0.1, -0.05) is 13.8 Å². The van der Waals surface area contributed by atoms with Crippen molar-refractivity contribution in [3.05, 3.63) is 27.3 Å². The van der Waals surface area contributed by atoms with Crippen LogP contribution in [0.3, 0.4) is 0 Å². The molecular weight excluding hydrogens is 250 g/mol. The zero-order valence-electron chi connectivity index (χ0n) is 10.5. The SMILES string of the molecule is CC(C)Cn1c(-c2ccc(=O)n(C)n2)n[nH]c1=S. The number of aromatic nitrogens is 5. The third-order valence-electron chi connectivity index (χ3n) is 2.50. The predicted octanol–water partition coefficient (Wildman–Crippen LogP) is 1.36. The molecule has 0 saturated carbocycles. The minimum atomic E-state index is -0.150. The summed E-state index contributed by atoms with van der Waals surface area (Å²) in [5.74, 6) is 1.10. The molecule has 2 aromatic rings. The second-order valence-electron chi connectivity index (χ2n) is 4.54. The quantitative estimate of drug-likeness (QED) is 0.851. The number of aryl methyl sites for hydroxylation is 1. The number of nitrogens with one attached hydrogen (secondary N) is 1. The molecule has 0 fully saturated rings. The zero-order valence-corrected chi connectivity index (χ0v) is 11.4. The fourth-order valence-electron chi connectivity index (χ4n) is 1.67. The highest BCUT2D eigenvalue weighted by atomic mass is 32.1. The van der Waals surface area contributed by atoms with Gasteiger partial charge in [0.1, 0.15) is 5.69 Å². The maximum absolute atomic E-state index is 11.3. The van der Waals surface area contributed by atoms with Gasteiger partial charge in [-0.2, -0.15) is 10.2 Å². The van der Waals surface area contributed by atoms with Gasteiger partial charge in [0.2, 0.25) is 0 Å². The number of rotatable bonds is 3. The molecule has 0 aromatic carbocycles. The number of hydrogen-bond donors (Lipinski definition) is 1. The van der Waals surface area contributed by atoms with Crippen molar-refractivity contribution in [3.8, 4) is 11.5 Å². The van der Waals surface area contributed by atoms with Gasteiger partial charge < -0.3 is 0 Å². The normalized spacial score (nSPS) is 11.1. The van der Waals surface area contributed by atoms with Crippen molar-refractivity contribution >= 4 is 12.2 Å². The minimum Gasteiger partial charge on any atom is -0.299 e. The van der Waals surface area contributed by atoms with Crippen LogP contribution in [0.15, 0.2) is 16.9 Å². The molecule has 1 N–H and O–H groups in total. The minimum absolute atomic E-state index is 0.150. The van der Waals surface area contributed by atoms with Gasteiger partial charge >= 0.3 is 0 Å². The largest absolute Gasteiger partial charge is 0.299 e. The molecule has 18 heavy (non-hydrogen) atoms. The van der Waals surface area contributed by atoms with E-state index >= 15 is 0 Å². The Morgan fingerprint density at radius 2 is 2.17 bits per heavy atom. The van der Waals surface area contributed by atoms with E-state index in [2.05, 4.69) is 29.1 Å². The zero-order chi connectivity index (χ0) is 13.3. The summed E-state index contributed by atoms with van der Waals surface area (Å²) < 4.78 is 3.74. The fraction of sp³-hybridized carbons (Fsp3) is 0.455. The molecule has 2 aromatic heterocycles. The molecule has 6 nitrogen and oxygen atoms in total. The molecule has 0 unspecified atom stereocenters. The number of aromatic amines is 1. The number of H-pyrrole nitrogens is 1. The first-order chi connectivity index (χ1) is 8.49. The predicted molar refractivity (Wildman–Crippen MR) is 70.7 cm³/mol. The van der Waals surface area contributed by atoms with Crippen LogP contribution < -0.4 is 5.56 Å². The Balaban J connectivity index is 2.53. The molecule has 0 atom stereocenters. The summed E-state index contributed by atoms with van der Waals surface area (Å²) in [6.45, 7) is 4.97. The van der Waals surface area contributed by atoms with E-state index in [1.165, 1.54) is 10.7 Å². The summed E-state index contributed by atoms with van der Waals surface area (Å²) in [4.78, 5) is 11.3. The van der Waals surface area contributed by atoms with Gasteiger partial charge in [-0.05, 0) is 24.2 Å². The monoisotopic (exact) mass is 265 g/mol. The number of hydrogen-bond acceptors (Lipinski definition) is 4. The molecular formula is C11H15N5OS. The summed E-state index contributed by atoms with van der Waals surface area (Å²) >= 11 is 5.20. The lowest BCUT2D eigenvalue weighted by atomic mass is 10.2. The lowest BCUT2D eigenvalue weighted by molar-refractivity contribution is 0.520. The van der Waals surface area contributed by atoms with Crippen LogP contribution in [0.5, 0.6) is 0 Å². The summed E-state index contributed by atoms with van der Waals surface area (Å²) in [7, 11) is 1.61. The average molecular weight is 265 g/mol. The van der Waals surface area contributed by atoms with E-state index < -0.39 is 0 Å². The molecule has 0 radical (unpaired) electrons. The molecule has 0 amide bonds. The highest BCUT2D eigenvalue weighted by Gasteiger charge is 2.12. The molecule has 0 spiro atoms. The van der Waals surface area contributed by atoms with E-state index in [0.717, 1.165) is 6.54 Å². The first-order valence-electron chi connectivity index (χ1n) is 5.69. The van der Waals surface area contributed by atoms with Crippen molar-refractivity contribution in [2.75, 3.05) is 0 Å². The van der Waals surface area contributed by atoms with Gasteiger partial charge in [-0.3, -0.25) is 14.5 Å². The van der Waals surface area contributed by atoms with E-state index in [1.54, 1.807) is 13.1 Å². The average Bonchev–Trinajstić information content (AvgIpc) is 2.64. The number of nitrogens with zero attached hydrogens (tertiary/aromatic N) is 4. The Kier molecular flexibility index (Phi) is 3.42. The third-order valence-corrected chi connectivity index (χ3v) is 2.81. The summed E-state index contributed by atoms with van der Waals surface area (Å²) in [5.41, 5.74) is 0.480. The highest BCUT2D eigenvalue weighted by molar-refractivity contribution is 7.71. The molecule has 0 aliphatic carbocycles. The van der Waals surface area contributed by atoms with Crippen molar-refractivity contribution in [3.63, 3.8) is 0 Å². The standard InChI is InChI=1S/C11H15N5OS/c1-7(2)6-16-10(12-13-11(16)18)8-4-5-9(17)15(3)14-8/h4-5,7H,6H2,1-3H3,(H,13,18). The Hall–Kier alpha value is -1.76. The van der Waals surface area contributed by atoms with Gasteiger partial charge in [0.05, 0.1) is 0 Å². The highest BCUT2D eigenvalue weighted by Crippen LogP contribution is 2.14. The molecule has 0 aliphatic rings. The summed E-state index contributed by atoms with van der Waals surface area (Å²) in [6.07, 6.45) is 0. The topological polar surface area (TPSA) is 68.5 Å². The van der Waals surface area contributed by atoms with Gasteiger partial charge in [0.25, 0.3) is 5.56 Å². The summed E-state index contributed by atoms with van der Waals surface area (Å²) in [6, 6.07) is 3.13. The molecule has 0 aliphatic heterocycles. The Morgan fingerprint density at radius 1 is 1.44 bits per heavy atom. The van der Waals surface area contributed by atoms with Crippen LogP contribution in [0, 0.1) is 10.7 Å². The van der Waals surface area contributed by atoms with Crippen LogP contribution in [-0.2, 0) is 13.6 Å². The lowest BCUT2D eigenvalue weighted by Crippen LogP contribution is -2.19. The fourth-order valence-corrected chi connectivity index (χ4v) is 1.88. The van der Waals surface area contributed by atoms with Crippen LogP contribution >= 0.6 is 12.2 Å². The van der Waals surface area contributed by atoms with Gasteiger partial charge in [-0.25, -0.2) is 4.68 Å². The maximum atomic E-state index is 11.3. The van der Waals surface area contributed by atoms with Crippen LogP contribution in [0.1, 0.15) is 13.8 Å². The van der Waals surface area contributed by atoms with Crippen molar-refractivity contribution in [1.29, 1.82) is 0 Å². The van der Waals surface area contributed by atoms with E-state index in [0.29, 0.717) is 22.2 Å². The lowest BCUT2D eigenvalue weighted by Gasteiger charge is -2.09. The van der Waals surface area contributed by atoms with Crippen molar-refractivity contribution < 1.29 is 0 Å². The smallest absolute Gasteiger partial charge is 0.266 e. The Bertz CT molecular complexity index is 667. The molecule has 7 heteroatoms. The van der Waals surface area contributed by atoms with E-state index in [4.69, 9.17) is 12.2 Å². The van der Waals surface area contributed by atoms with Crippen molar-refractivity contribution in [1.82, 2.24) is 24.5 Å². The molecule has 96 valence electrons. The van der Waals surface area contributed by atoms with Gasteiger partial charge in [-0.15, -0.1) is 0 Å². The van der Waals surface area contributed by atoms with Gasteiger partial charge in [0.15, 0.2) is 10.6 Å². The van der Waals surface area contributed by atoms with E-state index in [9.17, 15) is 4.79 Å². The van der Waals surface area contributed by atoms with Crippen LogP contribution in [0.2, 0.25) is 0 Å². The first-order valence-corrected chi connectivity index (χ1v) is 6.10. The third kappa shape index (κ3) is 2.40. The van der Waals surface area contributed by atoms with Crippen molar-refractivity contribution in [2.24, 2.45) is 13.0 Å². The Morgan fingerprint density at radius 3 is 2.78 bits per heavy atom. The van der Waals surface area contributed by atoms with Crippen LogP contribution in [-0.4, -0.2) is 24.5 Å². The maximum Gasteiger partial charge on any atom is 0.266 e. The molecule has 2 heterocycles. The molecule has 0 bridgehead atoms. The second kappa shape index (κ2) is 4.85. The molecule has 0 saturated heterocycles. The molecule has 2 rings (SSSR count). The van der Waals surface area contributed by atoms with Crippen LogP contribution in [0.25, 0.3) is 11.5 Å². The summed E-state index contributed by atoms with van der Waals surface area (Å²) in [5, 5.41) is 11.1. The first kappa shape index (κ1) is 12.7. The van der Waals surface area contributed by atoms with Crippen LogP contribution in [0.4, 0.5) is 0 Å². The second-order valence-corrected chi connectivity index (χ2v) is 4.92. The van der Waals surface area contributed by atoms with E-state index in [-0.39, 0.29) is 5.56 Å². The Labute approximate surface area is 109 Å². The van der Waals surface area contributed by atoms with Gasteiger partial charge in [0, 0.05) is 19.7 Å².